The van der Waals surface area contributed by atoms with Crippen LogP contribution >= 0.6 is 0 Å². The standard InChI is InChI=1S/C20H12F5N3O4/c21-12-2-1-7-26-17(12)16(10-4-6-15(13(22)8-10)32-20(23,24)25)28-18(29)14-5-3-11(9-27-14)19(30)31/h1-9,16H,(H,28,29)(H,30,31). The number of carbonyl (C=O) groups excluding carboxylic acids is 1. The van der Waals surface area contributed by atoms with E-state index in [1.807, 2.05) is 0 Å². The van der Waals surface area contributed by atoms with E-state index in [-0.39, 0.29) is 22.5 Å². The van der Waals surface area contributed by atoms with Crippen molar-refractivity contribution < 1.29 is 41.4 Å². The number of rotatable bonds is 6. The number of carbonyl (C=O) groups is 2. The number of aromatic nitrogens is 2. The Morgan fingerprint density at radius 2 is 1.78 bits per heavy atom. The van der Waals surface area contributed by atoms with Crippen molar-refractivity contribution in [1.82, 2.24) is 15.3 Å². The average Bonchev–Trinajstić information content (AvgIpc) is 2.73. The van der Waals surface area contributed by atoms with Crippen LogP contribution in [0.25, 0.3) is 0 Å². The Hall–Kier alpha value is -4.09. The van der Waals surface area contributed by atoms with Crippen LogP contribution in [0.3, 0.4) is 0 Å². The molecule has 0 saturated carbocycles. The number of alkyl halides is 3. The average molecular weight is 453 g/mol. The van der Waals surface area contributed by atoms with Crippen LogP contribution in [0, 0.1) is 11.6 Å². The first-order valence-electron chi connectivity index (χ1n) is 8.71. The van der Waals surface area contributed by atoms with Crippen LogP contribution in [0.1, 0.15) is 38.1 Å². The highest BCUT2D eigenvalue weighted by Gasteiger charge is 2.33. The molecular weight excluding hydrogens is 441 g/mol. The summed E-state index contributed by atoms with van der Waals surface area (Å²) < 4.78 is 69.3. The van der Waals surface area contributed by atoms with Crippen LogP contribution in [0.4, 0.5) is 22.0 Å². The van der Waals surface area contributed by atoms with Gasteiger partial charge in [-0.15, -0.1) is 13.2 Å². The molecule has 0 aliphatic carbocycles. The Morgan fingerprint density at radius 3 is 2.34 bits per heavy atom. The Balaban J connectivity index is 1.96. The predicted octanol–water partition coefficient (Wildman–Crippen LogP) is 3.87. The summed E-state index contributed by atoms with van der Waals surface area (Å²) >= 11 is 0. The third-order valence-corrected chi connectivity index (χ3v) is 4.09. The van der Waals surface area contributed by atoms with Crippen molar-refractivity contribution in [3.8, 4) is 5.75 Å². The fourth-order valence-electron chi connectivity index (χ4n) is 2.68. The van der Waals surface area contributed by atoms with E-state index in [1.165, 1.54) is 12.3 Å². The highest BCUT2D eigenvalue weighted by Crippen LogP contribution is 2.30. The molecule has 1 amide bonds. The van der Waals surface area contributed by atoms with Gasteiger partial charge >= 0.3 is 12.3 Å². The lowest BCUT2D eigenvalue weighted by atomic mass is 10.0. The fourth-order valence-corrected chi connectivity index (χ4v) is 2.68. The summed E-state index contributed by atoms with van der Waals surface area (Å²) in [5.74, 6) is -5.55. The first-order chi connectivity index (χ1) is 15.0. The molecule has 3 aromatic rings. The van der Waals surface area contributed by atoms with Crippen molar-refractivity contribution in [2.75, 3.05) is 0 Å². The van der Waals surface area contributed by atoms with Crippen LogP contribution in [0.2, 0.25) is 0 Å². The molecule has 1 aromatic carbocycles. The minimum atomic E-state index is -5.13. The van der Waals surface area contributed by atoms with Crippen molar-refractivity contribution in [3.63, 3.8) is 0 Å². The van der Waals surface area contributed by atoms with Crippen molar-refractivity contribution >= 4 is 11.9 Å². The molecule has 32 heavy (non-hydrogen) atoms. The Labute approximate surface area is 176 Å². The molecule has 7 nitrogen and oxygen atoms in total. The van der Waals surface area contributed by atoms with E-state index in [1.54, 1.807) is 0 Å². The zero-order chi connectivity index (χ0) is 23.5. The van der Waals surface area contributed by atoms with Crippen LogP contribution in [0.5, 0.6) is 5.75 Å². The maximum absolute atomic E-state index is 14.4. The van der Waals surface area contributed by atoms with E-state index in [2.05, 4.69) is 20.0 Å². The van der Waals surface area contributed by atoms with E-state index in [0.29, 0.717) is 12.1 Å². The molecular formula is C20H12F5N3O4. The van der Waals surface area contributed by atoms with Gasteiger partial charge in [0, 0.05) is 12.4 Å². The van der Waals surface area contributed by atoms with Gasteiger partial charge in [0.05, 0.1) is 11.6 Å². The molecule has 1 unspecified atom stereocenters. The molecule has 2 heterocycles. The van der Waals surface area contributed by atoms with Crippen molar-refractivity contribution in [2.45, 2.75) is 12.4 Å². The van der Waals surface area contributed by atoms with Gasteiger partial charge < -0.3 is 15.2 Å². The number of nitrogens with zero attached hydrogens (tertiary/aromatic N) is 2. The molecule has 0 saturated heterocycles. The van der Waals surface area contributed by atoms with Gasteiger partial charge in [-0.2, -0.15) is 0 Å². The van der Waals surface area contributed by atoms with Crippen LogP contribution in [-0.4, -0.2) is 33.3 Å². The van der Waals surface area contributed by atoms with Gasteiger partial charge in [0.1, 0.15) is 17.2 Å². The maximum Gasteiger partial charge on any atom is 0.573 e. The second kappa shape index (κ2) is 8.96. The van der Waals surface area contributed by atoms with E-state index in [0.717, 1.165) is 30.5 Å². The van der Waals surface area contributed by atoms with Gasteiger partial charge in [-0.1, -0.05) is 6.07 Å². The number of hydrogen-bond acceptors (Lipinski definition) is 5. The Kier molecular flexibility index (Phi) is 6.32. The number of halogens is 5. The Bertz CT molecular complexity index is 1150. The zero-order valence-electron chi connectivity index (χ0n) is 15.7. The lowest BCUT2D eigenvalue weighted by Crippen LogP contribution is -2.31. The first-order valence-corrected chi connectivity index (χ1v) is 8.71. The number of nitrogens with one attached hydrogen (secondary N) is 1. The van der Waals surface area contributed by atoms with E-state index in [9.17, 15) is 31.5 Å². The molecule has 0 aliphatic rings. The highest BCUT2D eigenvalue weighted by atomic mass is 19.4. The molecule has 3 rings (SSSR count). The van der Waals surface area contributed by atoms with E-state index >= 15 is 0 Å². The number of pyridine rings is 2. The van der Waals surface area contributed by atoms with E-state index < -0.39 is 41.7 Å². The largest absolute Gasteiger partial charge is 0.573 e. The summed E-state index contributed by atoms with van der Waals surface area (Å²) in [4.78, 5) is 31.0. The summed E-state index contributed by atoms with van der Waals surface area (Å²) in [6.45, 7) is 0. The summed E-state index contributed by atoms with van der Waals surface area (Å²) in [6.07, 6.45) is -3.00. The first kappa shape index (κ1) is 22.6. The molecule has 0 bridgehead atoms. The second-order valence-electron chi connectivity index (χ2n) is 6.25. The van der Waals surface area contributed by atoms with Gasteiger partial charge in [0.2, 0.25) is 0 Å². The highest BCUT2D eigenvalue weighted by molar-refractivity contribution is 5.94. The topological polar surface area (TPSA) is 101 Å². The molecule has 1 atom stereocenters. The summed E-state index contributed by atoms with van der Waals surface area (Å²) in [5.41, 5.74) is -0.901. The molecule has 166 valence electrons. The monoisotopic (exact) mass is 453 g/mol. The number of ether oxygens (including phenoxy) is 1. The molecule has 0 spiro atoms. The minimum absolute atomic E-state index is 0.134. The SMILES string of the molecule is O=C(O)c1ccc(C(=O)NC(c2ccc(OC(F)(F)F)c(F)c2)c2ncccc2F)nc1. The van der Waals surface area contributed by atoms with Gasteiger partial charge in [-0.3, -0.25) is 14.8 Å². The van der Waals surface area contributed by atoms with Gasteiger partial charge in [-0.25, -0.2) is 13.6 Å². The molecule has 0 radical (unpaired) electrons. The normalized spacial score (nSPS) is 12.2. The van der Waals surface area contributed by atoms with Crippen LogP contribution in [0.15, 0.2) is 54.9 Å². The number of carboxylic acid groups (broad SMARTS) is 1. The van der Waals surface area contributed by atoms with Crippen LogP contribution in [-0.2, 0) is 0 Å². The van der Waals surface area contributed by atoms with Crippen molar-refractivity contribution in [2.24, 2.45) is 0 Å². The molecule has 12 heteroatoms. The minimum Gasteiger partial charge on any atom is -0.478 e. The fraction of sp³-hybridized carbons (Fsp3) is 0.100. The maximum atomic E-state index is 14.4. The quantitative estimate of drug-likeness (QED) is 0.550. The summed E-state index contributed by atoms with van der Waals surface area (Å²) in [5, 5.41) is 11.3. The van der Waals surface area contributed by atoms with Gasteiger partial charge in [0.25, 0.3) is 5.91 Å². The summed E-state index contributed by atoms with van der Waals surface area (Å²) in [6, 6.07) is 5.42. The number of benzene rings is 1. The smallest absolute Gasteiger partial charge is 0.478 e. The Morgan fingerprint density at radius 1 is 1.03 bits per heavy atom. The third-order valence-electron chi connectivity index (χ3n) is 4.09. The predicted molar refractivity (Wildman–Crippen MR) is 97.8 cm³/mol. The molecule has 2 aromatic heterocycles. The zero-order valence-corrected chi connectivity index (χ0v) is 15.7. The molecule has 2 N–H and O–H groups in total. The number of hydrogen-bond donors (Lipinski definition) is 2. The van der Waals surface area contributed by atoms with Crippen molar-refractivity contribution in [1.29, 1.82) is 0 Å². The van der Waals surface area contributed by atoms with E-state index in [4.69, 9.17) is 5.11 Å². The molecule has 0 fully saturated rings. The number of amides is 1. The molecule has 0 aliphatic heterocycles. The van der Waals surface area contributed by atoms with Crippen molar-refractivity contribution in [3.05, 3.63) is 89.0 Å². The number of aromatic carboxylic acids is 1. The van der Waals surface area contributed by atoms with Gasteiger partial charge in [0.15, 0.2) is 11.6 Å². The lowest BCUT2D eigenvalue weighted by molar-refractivity contribution is -0.275. The van der Waals surface area contributed by atoms with Gasteiger partial charge in [-0.05, 0) is 42.0 Å². The third kappa shape index (κ3) is 5.33. The van der Waals surface area contributed by atoms with Crippen LogP contribution < -0.4 is 10.1 Å². The lowest BCUT2D eigenvalue weighted by Gasteiger charge is -2.20. The number of carboxylic acids is 1. The second-order valence-corrected chi connectivity index (χ2v) is 6.25. The summed E-state index contributed by atoms with van der Waals surface area (Å²) in [7, 11) is 0.